The molecule has 3 atom stereocenters. The van der Waals surface area contributed by atoms with Gasteiger partial charge in [0.05, 0.1) is 6.04 Å². The van der Waals surface area contributed by atoms with Gasteiger partial charge < -0.3 is 21.7 Å². The fourth-order valence-corrected chi connectivity index (χ4v) is 6.79. The Morgan fingerprint density at radius 1 is 1.00 bits per heavy atom. The van der Waals surface area contributed by atoms with Gasteiger partial charge in [0.15, 0.2) is 0 Å². The van der Waals surface area contributed by atoms with Crippen LogP contribution in [-0.4, -0.2) is 63.5 Å². The Labute approximate surface area is 244 Å². The number of carbonyl (C=O) groups excluding carboxylic acids is 1. The molecule has 2 aromatic rings. The number of anilines is 1. The van der Waals surface area contributed by atoms with E-state index >= 15 is 0 Å². The number of piperazine rings is 1. The summed E-state index contributed by atoms with van der Waals surface area (Å²) in [6.07, 6.45) is 2.44. The first-order valence-corrected chi connectivity index (χ1v) is 16.5. The summed E-state index contributed by atoms with van der Waals surface area (Å²) in [4.78, 5) is 13.5. The maximum Gasteiger partial charge on any atom is 0.248 e. The fourth-order valence-electron chi connectivity index (χ4n) is 6.10. The maximum absolute atomic E-state index is 15.0. The molecule has 0 aromatic heterocycles. The largest absolute Gasteiger partial charge is 0.324 e. The molecule has 1 saturated heterocycles. The normalized spacial score (nSPS) is 22.8. The Morgan fingerprint density at radius 3 is 2.21 bits per heavy atom. The van der Waals surface area contributed by atoms with Crippen molar-refractivity contribution in [3.63, 3.8) is 0 Å². The average Bonchev–Trinajstić information content (AvgIpc) is 2.93. The highest BCUT2D eigenvalue weighted by molar-refractivity contribution is 7.90. The van der Waals surface area contributed by atoms with E-state index in [-0.39, 0.29) is 36.4 Å². The number of hydrogen-bond donors (Lipinski definition) is 4. The highest BCUT2D eigenvalue weighted by Gasteiger charge is 2.49. The third kappa shape index (κ3) is 8.30. The number of alkyl halides is 2. The first-order chi connectivity index (χ1) is 19.8. The molecule has 0 radical (unpaired) electrons. The first-order valence-electron chi connectivity index (χ1n) is 14.4. The number of hydrogen-bond acceptors (Lipinski definition) is 6. The lowest BCUT2D eigenvalue weighted by atomic mass is 9.64. The monoisotopic (exact) mass is 612 g/mol. The van der Waals surface area contributed by atoms with Crippen molar-refractivity contribution in [1.82, 2.24) is 10.6 Å². The van der Waals surface area contributed by atoms with Crippen LogP contribution in [0.4, 0.5) is 23.2 Å². The fraction of sp³-hybridized carbons (Fsp3) is 0.567. The predicted molar refractivity (Wildman–Crippen MR) is 155 cm³/mol. The van der Waals surface area contributed by atoms with Crippen molar-refractivity contribution in [3.8, 4) is 0 Å². The van der Waals surface area contributed by atoms with Crippen LogP contribution >= 0.6 is 0 Å². The van der Waals surface area contributed by atoms with Gasteiger partial charge in [-0.1, -0.05) is 18.2 Å². The molecular formula is C30H40F4N4O3S. The summed E-state index contributed by atoms with van der Waals surface area (Å²) in [6.45, 7) is 1.30. The predicted octanol–water partition coefficient (Wildman–Crippen LogP) is 4.07. The number of rotatable bonds is 11. The van der Waals surface area contributed by atoms with Gasteiger partial charge in [-0.25, -0.2) is 26.0 Å². The van der Waals surface area contributed by atoms with E-state index < -0.39 is 57.6 Å². The lowest BCUT2D eigenvalue weighted by molar-refractivity contribution is -0.121. The average molecular weight is 613 g/mol. The zero-order valence-corrected chi connectivity index (χ0v) is 24.6. The number of nitrogens with two attached hydrogens (primary N) is 1. The van der Waals surface area contributed by atoms with Crippen LogP contribution in [0.1, 0.15) is 56.1 Å². The van der Waals surface area contributed by atoms with Gasteiger partial charge in [0.2, 0.25) is 11.8 Å². The van der Waals surface area contributed by atoms with Crippen molar-refractivity contribution in [2.24, 2.45) is 5.73 Å². The van der Waals surface area contributed by atoms with Gasteiger partial charge in [0.1, 0.15) is 21.5 Å². The first kappa shape index (κ1) is 32.4. The molecule has 1 unspecified atom stereocenters. The van der Waals surface area contributed by atoms with Crippen LogP contribution in [-0.2, 0) is 26.5 Å². The van der Waals surface area contributed by atoms with Gasteiger partial charge in [-0.3, -0.25) is 4.79 Å². The maximum atomic E-state index is 15.0. The minimum atomic E-state index is -2.99. The molecule has 2 fully saturated rings. The smallest absolute Gasteiger partial charge is 0.248 e. The van der Waals surface area contributed by atoms with Crippen molar-refractivity contribution < 1.29 is 30.8 Å². The van der Waals surface area contributed by atoms with Crippen LogP contribution in [0.25, 0.3) is 0 Å². The summed E-state index contributed by atoms with van der Waals surface area (Å²) in [5.41, 5.74) is 6.48. The summed E-state index contributed by atoms with van der Waals surface area (Å²) in [5, 5.41) is 9.61. The molecule has 1 amide bonds. The minimum Gasteiger partial charge on any atom is -0.324 e. The standard InChI is InChI=1S/C30H40F4N4O3S/c1-42(40,41)17-3-4-22-18-37-23(19-36-22)11-12-24-25(32)5-2-6-26(24)38-28(39)27(35)29(13-15-30(33,34)16-14-29)20-7-9-21(31)10-8-20/h2,5-10,22-23,27,36-37H,3-4,11-19,35H2,1H3,(H,38,39)/t22?,23-,27+/m0/s1. The van der Waals surface area contributed by atoms with E-state index in [2.05, 4.69) is 16.0 Å². The Kier molecular flexibility index (Phi) is 10.3. The zero-order chi connectivity index (χ0) is 30.5. The van der Waals surface area contributed by atoms with E-state index in [9.17, 15) is 30.8 Å². The number of nitrogens with one attached hydrogen (secondary N) is 3. The van der Waals surface area contributed by atoms with Gasteiger partial charge in [0, 0.05) is 66.7 Å². The van der Waals surface area contributed by atoms with E-state index in [0.717, 1.165) is 6.42 Å². The molecule has 1 aliphatic carbocycles. The Bertz CT molecular complexity index is 1320. The van der Waals surface area contributed by atoms with Crippen molar-refractivity contribution >= 4 is 21.4 Å². The van der Waals surface area contributed by atoms with E-state index in [1.165, 1.54) is 42.7 Å². The van der Waals surface area contributed by atoms with E-state index in [1.54, 1.807) is 6.07 Å². The van der Waals surface area contributed by atoms with Crippen LogP contribution < -0.4 is 21.7 Å². The van der Waals surface area contributed by atoms with Crippen LogP contribution in [0.2, 0.25) is 0 Å². The van der Waals surface area contributed by atoms with Gasteiger partial charge in [-0.2, -0.15) is 0 Å². The topological polar surface area (TPSA) is 113 Å². The molecule has 0 spiro atoms. The summed E-state index contributed by atoms with van der Waals surface area (Å²) in [7, 11) is -2.99. The van der Waals surface area contributed by atoms with Gasteiger partial charge in [-0.05, 0) is 68.4 Å². The highest BCUT2D eigenvalue weighted by atomic mass is 32.2. The van der Waals surface area contributed by atoms with Gasteiger partial charge in [0.25, 0.3) is 0 Å². The summed E-state index contributed by atoms with van der Waals surface area (Å²) < 4.78 is 79.6. The van der Waals surface area contributed by atoms with Crippen molar-refractivity contribution in [2.45, 2.75) is 80.8 Å². The SMILES string of the molecule is CS(=O)(=O)CCCC1CN[C@@H](CCc2c(F)cccc2NC(=O)[C@@H](N)C2(c3ccc(F)cc3)CCC(F)(F)CC2)CN1. The number of halogens is 4. The Balaban J connectivity index is 1.40. The lowest BCUT2D eigenvalue weighted by Gasteiger charge is -2.44. The van der Waals surface area contributed by atoms with Crippen molar-refractivity contribution in [1.29, 1.82) is 0 Å². The second-order valence-electron chi connectivity index (χ2n) is 11.8. The number of sulfone groups is 1. The summed E-state index contributed by atoms with van der Waals surface area (Å²) >= 11 is 0. The van der Waals surface area contributed by atoms with E-state index in [0.29, 0.717) is 43.5 Å². The zero-order valence-electron chi connectivity index (χ0n) is 23.8. The number of amides is 1. The second-order valence-corrected chi connectivity index (χ2v) is 14.0. The quantitative estimate of drug-likeness (QED) is 0.285. The number of carbonyl (C=O) groups is 1. The van der Waals surface area contributed by atoms with Crippen LogP contribution in [0, 0.1) is 11.6 Å². The molecule has 2 aromatic carbocycles. The molecule has 42 heavy (non-hydrogen) atoms. The van der Waals surface area contributed by atoms with Crippen molar-refractivity contribution in [2.75, 3.05) is 30.4 Å². The second kappa shape index (κ2) is 13.4. The van der Waals surface area contributed by atoms with Crippen LogP contribution in [0.3, 0.4) is 0 Å². The molecule has 2 aliphatic rings. The molecule has 0 bridgehead atoms. The van der Waals surface area contributed by atoms with Crippen LogP contribution in [0.15, 0.2) is 42.5 Å². The van der Waals surface area contributed by atoms with E-state index in [1.807, 2.05) is 0 Å². The summed E-state index contributed by atoms with van der Waals surface area (Å²) in [5.74, 6) is -4.30. The third-order valence-electron chi connectivity index (χ3n) is 8.66. The molecular weight excluding hydrogens is 572 g/mol. The lowest BCUT2D eigenvalue weighted by Crippen LogP contribution is -2.55. The molecule has 12 heteroatoms. The van der Waals surface area contributed by atoms with Gasteiger partial charge in [-0.15, -0.1) is 0 Å². The molecule has 4 rings (SSSR count). The van der Waals surface area contributed by atoms with E-state index in [4.69, 9.17) is 5.73 Å². The summed E-state index contributed by atoms with van der Waals surface area (Å²) in [6, 6.07) is 8.80. The number of benzene rings is 2. The Hall–Kier alpha value is -2.54. The Morgan fingerprint density at radius 2 is 1.62 bits per heavy atom. The third-order valence-corrected chi connectivity index (χ3v) is 9.69. The molecule has 1 heterocycles. The molecule has 1 aliphatic heterocycles. The van der Waals surface area contributed by atoms with Crippen LogP contribution in [0.5, 0.6) is 0 Å². The van der Waals surface area contributed by atoms with Gasteiger partial charge >= 0.3 is 0 Å². The molecule has 5 N–H and O–H groups in total. The van der Waals surface area contributed by atoms with Crippen molar-refractivity contribution in [3.05, 3.63) is 65.2 Å². The minimum absolute atomic E-state index is 0.0484. The highest BCUT2D eigenvalue weighted by Crippen LogP contribution is 2.47. The molecule has 232 valence electrons. The molecule has 1 saturated carbocycles. The molecule has 7 nitrogen and oxygen atoms in total.